The van der Waals surface area contributed by atoms with E-state index in [4.69, 9.17) is 28.4 Å². The Morgan fingerprint density at radius 3 is 1.31 bits per heavy atom. The molecule has 0 saturated heterocycles. The van der Waals surface area contributed by atoms with Gasteiger partial charge >= 0.3 is 35.8 Å². The standard InChI is InChI=1S/C24H24O12/c1-4-19(25)31-9-12-34-22(28)16-7-8-17(23(29)35-13-10-32-20(26)5-2)18(15-16)24(30)36-14-11-33-21(27)6-3/h4-8,15H,1-3,9-14H2. The molecule has 0 amide bonds. The number of benzene rings is 1. The maximum atomic E-state index is 12.6. The molecule has 0 radical (unpaired) electrons. The summed E-state index contributed by atoms with van der Waals surface area (Å²) in [5, 5.41) is 0. The van der Waals surface area contributed by atoms with Gasteiger partial charge in [0.2, 0.25) is 0 Å². The summed E-state index contributed by atoms with van der Waals surface area (Å²) >= 11 is 0. The van der Waals surface area contributed by atoms with Crippen molar-refractivity contribution in [1.82, 2.24) is 0 Å². The van der Waals surface area contributed by atoms with Gasteiger partial charge in [-0.2, -0.15) is 0 Å². The van der Waals surface area contributed by atoms with E-state index in [1.807, 2.05) is 0 Å². The number of carbonyl (C=O) groups excluding carboxylic acids is 6. The fraction of sp³-hybridized carbons (Fsp3) is 0.250. The summed E-state index contributed by atoms with van der Waals surface area (Å²) in [6.07, 6.45) is 2.80. The van der Waals surface area contributed by atoms with Crippen molar-refractivity contribution < 1.29 is 57.2 Å². The van der Waals surface area contributed by atoms with Crippen molar-refractivity contribution in [3.05, 3.63) is 72.9 Å². The molecule has 0 saturated carbocycles. The predicted molar refractivity (Wildman–Crippen MR) is 121 cm³/mol. The highest BCUT2D eigenvalue weighted by Crippen LogP contribution is 2.16. The number of ether oxygens (including phenoxy) is 6. The fourth-order valence-corrected chi connectivity index (χ4v) is 2.26. The van der Waals surface area contributed by atoms with E-state index in [-0.39, 0.29) is 56.3 Å². The lowest BCUT2D eigenvalue weighted by Crippen LogP contribution is -2.19. The lowest BCUT2D eigenvalue weighted by atomic mass is 10.0. The van der Waals surface area contributed by atoms with Gasteiger partial charge in [-0.15, -0.1) is 0 Å². The molecular weight excluding hydrogens is 480 g/mol. The molecule has 1 aromatic rings. The first kappa shape index (κ1) is 29.3. The number of hydrogen-bond acceptors (Lipinski definition) is 12. The van der Waals surface area contributed by atoms with Gasteiger partial charge in [0.25, 0.3) is 0 Å². The maximum Gasteiger partial charge on any atom is 0.339 e. The summed E-state index contributed by atoms with van der Waals surface area (Å²) in [7, 11) is 0. The molecule has 36 heavy (non-hydrogen) atoms. The van der Waals surface area contributed by atoms with Crippen LogP contribution in [0.4, 0.5) is 0 Å². The summed E-state index contributed by atoms with van der Waals surface area (Å²) in [6.45, 7) is 7.96. The van der Waals surface area contributed by atoms with Crippen LogP contribution in [0.3, 0.4) is 0 Å². The zero-order chi connectivity index (χ0) is 26.9. The Morgan fingerprint density at radius 1 is 0.528 bits per heavy atom. The van der Waals surface area contributed by atoms with Gasteiger partial charge in [-0.3, -0.25) is 0 Å². The Balaban J connectivity index is 2.94. The van der Waals surface area contributed by atoms with Crippen LogP contribution < -0.4 is 0 Å². The van der Waals surface area contributed by atoms with E-state index in [2.05, 4.69) is 19.7 Å². The van der Waals surface area contributed by atoms with Gasteiger partial charge in [-0.25, -0.2) is 28.8 Å². The molecule has 1 rings (SSSR count). The van der Waals surface area contributed by atoms with Crippen molar-refractivity contribution in [2.24, 2.45) is 0 Å². The van der Waals surface area contributed by atoms with Gasteiger partial charge in [0, 0.05) is 18.2 Å². The molecule has 1 aromatic carbocycles. The molecule has 0 aliphatic heterocycles. The van der Waals surface area contributed by atoms with Crippen LogP contribution in [-0.2, 0) is 42.8 Å². The minimum Gasteiger partial charge on any atom is -0.459 e. The molecule has 0 heterocycles. The second kappa shape index (κ2) is 16.0. The summed E-state index contributed by atoms with van der Waals surface area (Å²) in [6, 6.07) is 3.39. The summed E-state index contributed by atoms with van der Waals surface area (Å²) in [5.74, 6) is -5.01. The van der Waals surface area contributed by atoms with Gasteiger partial charge in [0.1, 0.15) is 39.6 Å². The van der Waals surface area contributed by atoms with Crippen LogP contribution in [0.15, 0.2) is 56.2 Å². The fourth-order valence-electron chi connectivity index (χ4n) is 2.26. The molecule has 0 bridgehead atoms. The van der Waals surface area contributed by atoms with E-state index in [0.29, 0.717) is 0 Å². The smallest absolute Gasteiger partial charge is 0.339 e. The Kier molecular flexibility index (Phi) is 13.0. The van der Waals surface area contributed by atoms with Crippen molar-refractivity contribution in [2.45, 2.75) is 0 Å². The number of rotatable bonds is 15. The van der Waals surface area contributed by atoms with Gasteiger partial charge in [-0.05, 0) is 18.2 Å². The highest BCUT2D eigenvalue weighted by atomic mass is 16.6. The Hall–Kier alpha value is -4.74. The zero-order valence-corrected chi connectivity index (χ0v) is 19.2. The average Bonchev–Trinajstić information content (AvgIpc) is 2.89. The van der Waals surface area contributed by atoms with Gasteiger partial charge in [0.05, 0.1) is 16.7 Å². The van der Waals surface area contributed by atoms with Crippen LogP contribution in [0.2, 0.25) is 0 Å². The van der Waals surface area contributed by atoms with Gasteiger partial charge in [0.15, 0.2) is 0 Å². The van der Waals surface area contributed by atoms with E-state index >= 15 is 0 Å². The largest absolute Gasteiger partial charge is 0.459 e. The number of carbonyl (C=O) groups is 6. The third-order valence-corrected chi connectivity index (χ3v) is 3.88. The summed E-state index contributed by atoms with van der Waals surface area (Å²) < 4.78 is 29.0. The lowest BCUT2D eigenvalue weighted by molar-refractivity contribution is -0.139. The van der Waals surface area contributed by atoms with Crippen molar-refractivity contribution in [1.29, 1.82) is 0 Å². The van der Waals surface area contributed by atoms with Crippen molar-refractivity contribution >= 4 is 35.8 Å². The quantitative estimate of drug-likeness (QED) is 0.146. The molecule has 12 nitrogen and oxygen atoms in total. The Labute approximate surface area is 206 Å². The molecular formula is C24H24O12. The summed E-state index contributed by atoms with van der Waals surface area (Å²) in [4.78, 5) is 70.5. The van der Waals surface area contributed by atoms with Crippen LogP contribution in [-0.4, -0.2) is 75.5 Å². The maximum absolute atomic E-state index is 12.6. The molecule has 192 valence electrons. The second-order valence-electron chi connectivity index (χ2n) is 6.28. The van der Waals surface area contributed by atoms with Crippen LogP contribution in [0.1, 0.15) is 31.1 Å². The first-order valence-corrected chi connectivity index (χ1v) is 10.3. The minimum atomic E-state index is -1.02. The van der Waals surface area contributed by atoms with Gasteiger partial charge < -0.3 is 28.4 Å². The topological polar surface area (TPSA) is 158 Å². The Morgan fingerprint density at radius 2 is 0.889 bits per heavy atom. The molecule has 0 N–H and O–H groups in total. The van der Waals surface area contributed by atoms with Crippen molar-refractivity contribution in [3.8, 4) is 0 Å². The first-order chi connectivity index (χ1) is 17.2. The third kappa shape index (κ3) is 10.5. The average molecular weight is 504 g/mol. The third-order valence-electron chi connectivity index (χ3n) is 3.88. The molecule has 12 heteroatoms. The van der Waals surface area contributed by atoms with Crippen LogP contribution >= 0.6 is 0 Å². The van der Waals surface area contributed by atoms with E-state index in [9.17, 15) is 28.8 Å². The number of hydrogen-bond donors (Lipinski definition) is 0. The molecule has 0 aromatic heterocycles. The number of esters is 6. The lowest BCUT2D eigenvalue weighted by Gasteiger charge is -2.12. The monoisotopic (exact) mass is 504 g/mol. The van der Waals surface area contributed by atoms with E-state index in [1.54, 1.807) is 0 Å². The predicted octanol–water partition coefficient (Wildman–Crippen LogP) is 1.34. The molecule has 0 aliphatic rings. The normalized spacial score (nSPS) is 9.67. The molecule has 0 fully saturated rings. The summed E-state index contributed by atoms with van der Waals surface area (Å²) in [5.41, 5.74) is -0.716. The SMILES string of the molecule is C=CC(=O)OCCOC(=O)c1ccc(C(=O)OCCOC(=O)C=C)c(C(=O)OCCOC(=O)C=C)c1. The zero-order valence-electron chi connectivity index (χ0n) is 19.2. The second-order valence-corrected chi connectivity index (χ2v) is 6.28. The molecule has 0 aliphatic carbocycles. The van der Waals surface area contributed by atoms with E-state index < -0.39 is 35.8 Å². The Bertz CT molecular complexity index is 1020. The highest BCUT2D eigenvalue weighted by molar-refractivity contribution is 6.05. The van der Waals surface area contributed by atoms with E-state index in [1.165, 1.54) is 6.07 Å². The minimum absolute atomic E-state index is 0.119. The van der Waals surface area contributed by atoms with E-state index in [0.717, 1.165) is 30.4 Å². The molecule has 0 spiro atoms. The van der Waals surface area contributed by atoms with Crippen molar-refractivity contribution in [3.63, 3.8) is 0 Å². The first-order valence-electron chi connectivity index (χ1n) is 10.3. The molecule has 0 unspecified atom stereocenters. The molecule has 0 atom stereocenters. The highest BCUT2D eigenvalue weighted by Gasteiger charge is 2.22. The van der Waals surface area contributed by atoms with Crippen LogP contribution in [0.25, 0.3) is 0 Å². The van der Waals surface area contributed by atoms with Crippen LogP contribution in [0.5, 0.6) is 0 Å². The van der Waals surface area contributed by atoms with Crippen LogP contribution in [0, 0.1) is 0 Å². The van der Waals surface area contributed by atoms with Gasteiger partial charge in [-0.1, -0.05) is 19.7 Å². The van der Waals surface area contributed by atoms with Crippen molar-refractivity contribution in [2.75, 3.05) is 39.6 Å².